The van der Waals surface area contributed by atoms with E-state index in [1.165, 1.54) is 5.57 Å². The van der Waals surface area contributed by atoms with Crippen molar-refractivity contribution in [3.63, 3.8) is 0 Å². The van der Waals surface area contributed by atoms with Crippen LogP contribution in [-0.4, -0.2) is 34.3 Å². The minimum atomic E-state index is -0.857. The van der Waals surface area contributed by atoms with Crippen LogP contribution in [0, 0.1) is 11.8 Å². The zero-order valence-corrected chi connectivity index (χ0v) is 15.5. The van der Waals surface area contributed by atoms with E-state index < -0.39 is 6.10 Å². The van der Waals surface area contributed by atoms with Crippen molar-refractivity contribution < 1.29 is 19.7 Å². The molecule has 0 aromatic heterocycles. The van der Waals surface area contributed by atoms with Crippen LogP contribution in [0.5, 0.6) is 0 Å². The second kappa shape index (κ2) is 7.08. The van der Waals surface area contributed by atoms with Crippen molar-refractivity contribution in [3.8, 4) is 0 Å². The molecule has 2 N–H and O–H groups in total. The quantitative estimate of drug-likeness (QED) is 0.748. The van der Waals surface area contributed by atoms with Crippen molar-refractivity contribution in [2.75, 3.05) is 6.61 Å². The number of ketones is 1. The van der Waals surface area contributed by atoms with Crippen molar-refractivity contribution in [1.82, 2.24) is 0 Å². The first kappa shape index (κ1) is 18.4. The number of aliphatic hydroxyl groups is 2. The first-order valence-corrected chi connectivity index (χ1v) is 9.45. The van der Waals surface area contributed by atoms with E-state index >= 15 is 0 Å². The summed E-state index contributed by atoms with van der Waals surface area (Å²) in [5, 5.41) is 19.0. The number of carbonyl (C=O) groups excluding carboxylic acids is 1. The molecule has 138 valence electrons. The molecule has 0 bridgehead atoms. The summed E-state index contributed by atoms with van der Waals surface area (Å²) in [5.74, 6) is 1.32. The second-order valence-corrected chi connectivity index (χ2v) is 8.09. The summed E-state index contributed by atoms with van der Waals surface area (Å²) < 4.78 is 6.31. The van der Waals surface area contributed by atoms with Crippen LogP contribution in [-0.2, 0) is 9.53 Å². The Bertz CT molecular complexity index is 642. The number of ether oxygens (including phenoxy) is 1. The standard InChI is InChI=1S/C21H30O4/c1-13(12-22)5-4-6-14(2)15-9-10-21(3)17(15)11-16-19(25-21)8-7-18(23)20(16)24/h5,9,14,17-18,22-23H,4,6-8,10-12H2,1-3H3/b13-5+/t14-,17-,18+,21-/m0/s1. The SMILES string of the molecule is C/C(=C\CC[C@H](C)C1=CC[C@]2(C)OC3=C(C[C@@H]12)C(=O)[C@H](O)CC3)CO. The lowest BCUT2D eigenvalue weighted by molar-refractivity contribution is -0.127. The third-order valence-corrected chi connectivity index (χ3v) is 6.14. The maximum atomic E-state index is 12.4. The Labute approximate surface area is 150 Å². The first-order chi connectivity index (χ1) is 11.9. The van der Waals surface area contributed by atoms with Gasteiger partial charge in [0.2, 0.25) is 0 Å². The van der Waals surface area contributed by atoms with Gasteiger partial charge in [-0.3, -0.25) is 4.79 Å². The predicted molar refractivity (Wildman–Crippen MR) is 96.8 cm³/mol. The van der Waals surface area contributed by atoms with Gasteiger partial charge in [0.15, 0.2) is 5.78 Å². The summed E-state index contributed by atoms with van der Waals surface area (Å²) in [7, 11) is 0. The second-order valence-electron chi connectivity index (χ2n) is 8.09. The molecule has 0 spiro atoms. The van der Waals surface area contributed by atoms with Gasteiger partial charge in [0, 0.05) is 24.3 Å². The summed E-state index contributed by atoms with van der Waals surface area (Å²) in [5.41, 5.74) is 2.87. The number of fused-ring (bicyclic) bond motifs is 1. The fraction of sp³-hybridized carbons (Fsp3) is 0.667. The first-order valence-electron chi connectivity index (χ1n) is 9.45. The molecular formula is C21H30O4. The molecule has 3 aliphatic rings. The minimum Gasteiger partial charge on any atom is -0.491 e. The monoisotopic (exact) mass is 346 g/mol. The molecule has 4 heteroatoms. The zero-order chi connectivity index (χ0) is 18.2. The highest BCUT2D eigenvalue weighted by Gasteiger charge is 2.49. The molecule has 3 rings (SSSR count). The van der Waals surface area contributed by atoms with E-state index in [4.69, 9.17) is 9.84 Å². The molecule has 2 aliphatic carbocycles. The predicted octanol–water partition coefficient (Wildman–Crippen LogP) is 3.44. The number of allylic oxidation sites excluding steroid dienone is 2. The van der Waals surface area contributed by atoms with Gasteiger partial charge in [-0.2, -0.15) is 0 Å². The number of carbonyl (C=O) groups is 1. The summed E-state index contributed by atoms with van der Waals surface area (Å²) in [6.07, 6.45) is 8.25. The molecule has 0 radical (unpaired) electrons. The number of Topliss-reactive ketones (excluding diaryl/α,β-unsaturated/α-hetero) is 1. The van der Waals surface area contributed by atoms with Crippen LogP contribution in [0.4, 0.5) is 0 Å². The van der Waals surface area contributed by atoms with Crippen LogP contribution >= 0.6 is 0 Å². The van der Waals surface area contributed by atoms with E-state index in [-0.39, 0.29) is 23.9 Å². The summed E-state index contributed by atoms with van der Waals surface area (Å²) in [4.78, 5) is 12.4. The van der Waals surface area contributed by atoms with Crippen molar-refractivity contribution in [2.24, 2.45) is 11.8 Å². The Morgan fingerprint density at radius 1 is 1.52 bits per heavy atom. The topological polar surface area (TPSA) is 66.8 Å². The van der Waals surface area contributed by atoms with Crippen LogP contribution in [0.1, 0.15) is 59.3 Å². The molecule has 4 atom stereocenters. The van der Waals surface area contributed by atoms with Gasteiger partial charge >= 0.3 is 0 Å². The summed E-state index contributed by atoms with van der Waals surface area (Å²) in [6.45, 7) is 6.46. The molecule has 0 aromatic rings. The maximum Gasteiger partial charge on any atom is 0.190 e. The molecule has 25 heavy (non-hydrogen) atoms. The van der Waals surface area contributed by atoms with Crippen LogP contribution in [0.3, 0.4) is 0 Å². The number of rotatable bonds is 5. The van der Waals surface area contributed by atoms with Crippen LogP contribution < -0.4 is 0 Å². The third kappa shape index (κ3) is 3.47. The summed E-state index contributed by atoms with van der Waals surface area (Å²) in [6, 6.07) is 0. The molecule has 1 aliphatic heterocycles. The molecule has 1 heterocycles. The van der Waals surface area contributed by atoms with Gasteiger partial charge in [0.1, 0.15) is 17.5 Å². The van der Waals surface area contributed by atoms with Gasteiger partial charge in [0.25, 0.3) is 0 Å². The van der Waals surface area contributed by atoms with Crippen molar-refractivity contribution in [1.29, 1.82) is 0 Å². The Morgan fingerprint density at radius 2 is 2.28 bits per heavy atom. The van der Waals surface area contributed by atoms with Crippen LogP contribution in [0.15, 0.2) is 34.6 Å². The largest absolute Gasteiger partial charge is 0.491 e. The fourth-order valence-electron chi connectivity index (χ4n) is 4.46. The van der Waals surface area contributed by atoms with Gasteiger partial charge in [-0.1, -0.05) is 30.2 Å². The van der Waals surface area contributed by atoms with Gasteiger partial charge < -0.3 is 14.9 Å². The van der Waals surface area contributed by atoms with E-state index in [9.17, 15) is 9.90 Å². The molecule has 0 saturated carbocycles. The average molecular weight is 346 g/mol. The lowest BCUT2D eigenvalue weighted by Gasteiger charge is -2.43. The Kier molecular flexibility index (Phi) is 5.21. The highest BCUT2D eigenvalue weighted by atomic mass is 16.5. The fourth-order valence-corrected chi connectivity index (χ4v) is 4.46. The van der Waals surface area contributed by atoms with E-state index in [2.05, 4.69) is 26.0 Å². The van der Waals surface area contributed by atoms with Gasteiger partial charge in [0.05, 0.1) is 6.61 Å². The molecule has 0 saturated heterocycles. The molecule has 4 nitrogen and oxygen atoms in total. The molecule has 0 unspecified atom stereocenters. The molecular weight excluding hydrogens is 316 g/mol. The van der Waals surface area contributed by atoms with Crippen molar-refractivity contribution in [2.45, 2.75) is 71.0 Å². The molecule has 0 aromatic carbocycles. The zero-order valence-electron chi connectivity index (χ0n) is 15.5. The van der Waals surface area contributed by atoms with E-state index in [1.807, 2.05) is 6.92 Å². The highest BCUT2D eigenvalue weighted by molar-refractivity contribution is 6.00. The number of hydrogen-bond donors (Lipinski definition) is 2. The van der Waals surface area contributed by atoms with Gasteiger partial charge in [-0.05, 0) is 45.4 Å². The Morgan fingerprint density at radius 3 is 3.00 bits per heavy atom. The number of hydrogen-bond acceptors (Lipinski definition) is 4. The van der Waals surface area contributed by atoms with Crippen LogP contribution in [0.25, 0.3) is 0 Å². The maximum absolute atomic E-state index is 12.4. The Hall–Kier alpha value is -1.39. The van der Waals surface area contributed by atoms with Gasteiger partial charge in [-0.15, -0.1) is 0 Å². The third-order valence-electron chi connectivity index (χ3n) is 6.14. The van der Waals surface area contributed by atoms with E-state index in [1.54, 1.807) is 0 Å². The van der Waals surface area contributed by atoms with E-state index in [0.717, 1.165) is 36.2 Å². The number of aliphatic hydroxyl groups excluding tert-OH is 2. The van der Waals surface area contributed by atoms with Gasteiger partial charge in [-0.25, -0.2) is 0 Å². The highest BCUT2D eigenvalue weighted by Crippen LogP contribution is 2.51. The van der Waals surface area contributed by atoms with E-state index in [0.29, 0.717) is 25.2 Å². The van der Waals surface area contributed by atoms with Crippen LogP contribution in [0.2, 0.25) is 0 Å². The molecule has 0 fully saturated rings. The minimum absolute atomic E-state index is 0.118. The Balaban J connectivity index is 1.73. The average Bonchev–Trinajstić information content (AvgIpc) is 2.93. The lowest BCUT2D eigenvalue weighted by atomic mass is 9.74. The summed E-state index contributed by atoms with van der Waals surface area (Å²) >= 11 is 0. The van der Waals surface area contributed by atoms with Crippen molar-refractivity contribution >= 4 is 5.78 Å². The normalized spacial score (nSPS) is 33.6. The molecule has 0 amide bonds. The lowest BCUT2D eigenvalue weighted by Crippen LogP contribution is -2.43. The van der Waals surface area contributed by atoms with Crippen molar-refractivity contribution in [3.05, 3.63) is 34.6 Å². The smallest absolute Gasteiger partial charge is 0.190 e.